The average Bonchev–Trinajstić information content (AvgIpc) is 2.35. The molecule has 0 aliphatic rings. The van der Waals surface area contributed by atoms with Crippen LogP contribution in [-0.2, 0) is 12.4 Å². The Bertz CT molecular complexity index is 520. The van der Waals surface area contributed by atoms with Gasteiger partial charge in [-0.2, -0.15) is 26.3 Å². The molecule has 23 heavy (non-hydrogen) atoms. The minimum atomic E-state index is -4.90. The molecule has 0 heterocycles. The van der Waals surface area contributed by atoms with Gasteiger partial charge in [0, 0.05) is 12.1 Å². The van der Waals surface area contributed by atoms with Gasteiger partial charge in [-0.25, -0.2) is 0 Å². The van der Waals surface area contributed by atoms with Crippen molar-refractivity contribution >= 4 is 5.69 Å². The number of rotatable bonds is 4. The third kappa shape index (κ3) is 5.40. The standard InChI is InChI=1S/C14H17F6N3/c1-8(2)23(9(3)4)22-21-12-6-10(13(15,16)17)5-11(7-12)14(18,19)20/h5-9H,1-4H3. The molecule has 0 unspecified atom stereocenters. The lowest BCUT2D eigenvalue weighted by atomic mass is 10.1. The van der Waals surface area contributed by atoms with Crippen LogP contribution >= 0.6 is 0 Å². The summed E-state index contributed by atoms with van der Waals surface area (Å²) in [5, 5.41) is 8.79. The molecule has 1 aromatic rings. The molecule has 0 aliphatic carbocycles. The van der Waals surface area contributed by atoms with E-state index in [1.54, 1.807) is 27.7 Å². The fourth-order valence-electron chi connectivity index (χ4n) is 1.90. The highest BCUT2D eigenvalue weighted by Gasteiger charge is 2.37. The molecule has 9 heteroatoms. The van der Waals surface area contributed by atoms with Crippen molar-refractivity contribution in [2.75, 3.05) is 0 Å². The van der Waals surface area contributed by atoms with Crippen molar-refractivity contribution in [2.45, 2.75) is 52.1 Å². The van der Waals surface area contributed by atoms with Crippen molar-refractivity contribution in [2.24, 2.45) is 10.3 Å². The molecular weight excluding hydrogens is 324 g/mol. The first kappa shape index (κ1) is 19.2. The second kappa shape index (κ2) is 6.76. The zero-order valence-corrected chi connectivity index (χ0v) is 13.0. The molecule has 0 radical (unpaired) electrons. The molecule has 0 aromatic heterocycles. The van der Waals surface area contributed by atoms with Crippen LogP contribution in [0.3, 0.4) is 0 Å². The fourth-order valence-corrected chi connectivity index (χ4v) is 1.90. The van der Waals surface area contributed by atoms with Crippen LogP contribution in [0.5, 0.6) is 0 Å². The Morgan fingerprint density at radius 2 is 1.17 bits per heavy atom. The summed E-state index contributed by atoms with van der Waals surface area (Å²) in [5.74, 6) is 0. The quantitative estimate of drug-likeness (QED) is 0.384. The van der Waals surface area contributed by atoms with Gasteiger partial charge in [0.25, 0.3) is 0 Å². The Labute approximate surface area is 130 Å². The Hall–Kier alpha value is -1.80. The van der Waals surface area contributed by atoms with E-state index in [2.05, 4.69) is 10.3 Å². The summed E-state index contributed by atoms with van der Waals surface area (Å²) in [6.07, 6.45) is -9.80. The maximum Gasteiger partial charge on any atom is 0.416 e. The van der Waals surface area contributed by atoms with Crippen molar-refractivity contribution in [3.05, 3.63) is 29.3 Å². The second-order valence-corrected chi connectivity index (χ2v) is 5.52. The van der Waals surface area contributed by atoms with E-state index >= 15 is 0 Å². The van der Waals surface area contributed by atoms with Gasteiger partial charge in [-0.15, -0.1) is 5.11 Å². The predicted molar refractivity (Wildman–Crippen MR) is 73.1 cm³/mol. The van der Waals surface area contributed by atoms with E-state index in [0.717, 1.165) is 0 Å². The normalized spacial score (nSPS) is 13.4. The van der Waals surface area contributed by atoms with Gasteiger partial charge in [0.1, 0.15) is 0 Å². The number of alkyl halides is 6. The first-order chi connectivity index (χ1) is 10.3. The molecule has 1 rings (SSSR count). The van der Waals surface area contributed by atoms with Crippen LogP contribution in [0.25, 0.3) is 0 Å². The Balaban J connectivity index is 3.30. The van der Waals surface area contributed by atoms with Crippen molar-refractivity contribution in [3.63, 3.8) is 0 Å². The third-order valence-corrected chi connectivity index (χ3v) is 2.89. The molecule has 1 aromatic carbocycles. The summed E-state index contributed by atoms with van der Waals surface area (Å²) in [7, 11) is 0. The van der Waals surface area contributed by atoms with E-state index in [1.807, 2.05) is 0 Å². The van der Waals surface area contributed by atoms with Gasteiger partial charge in [-0.05, 0) is 45.9 Å². The van der Waals surface area contributed by atoms with Crippen LogP contribution in [-0.4, -0.2) is 17.1 Å². The number of nitrogens with zero attached hydrogens (tertiary/aromatic N) is 3. The van der Waals surface area contributed by atoms with Gasteiger partial charge < -0.3 is 0 Å². The summed E-state index contributed by atoms with van der Waals surface area (Å²) >= 11 is 0. The SMILES string of the molecule is CC(C)N(N=Nc1cc(C(F)(F)F)cc(C(F)(F)F)c1)C(C)C. The molecule has 3 nitrogen and oxygen atoms in total. The highest BCUT2D eigenvalue weighted by molar-refractivity contribution is 5.45. The van der Waals surface area contributed by atoms with Crippen LogP contribution in [0.2, 0.25) is 0 Å². The Morgan fingerprint density at radius 3 is 1.48 bits per heavy atom. The molecule has 0 saturated heterocycles. The lowest BCUT2D eigenvalue weighted by molar-refractivity contribution is -0.143. The monoisotopic (exact) mass is 341 g/mol. The number of hydrogen-bond donors (Lipinski definition) is 0. The number of hydrogen-bond acceptors (Lipinski definition) is 2. The van der Waals surface area contributed by atoms with Crippen molar-refractivity contribution in [3.8, 4) is 0 Å². The van der Waals surface area contributed by atoms with Gasteiger partial charge in [-0.1, -0.05) is 5.22 Å². The van der Waals surface area contributed by atoms with Gasteiger partial charge >= 0.3 is 12.4 Å². The third-order valence-electron chi connectivity index (χ3n) is 2.89. The van der Waals surface area contributed by atoms with Crippen LogP contribution in [0.4, 0.5) is 32.0 Å². The summed E-state index contributed by atoms with van der Waals surface area (Å²) in [4.78, 5) is 0. The smallest absolute Gasteiger partial charge is 0.273 e. The van der Waals surface area contributed by atoms with Gasteiger partial charge in [0.15, 0.2) is 0 Å². The predicted octanol–water partition coefficient (Wildman–Crippen LogP) is 5.84. The largest absolute Gasteiger partial charge is 0.416 e. The summed E-state index contributed by atoms with van der Waals surface area (Å²) in [5.41, 5.74) is -3.33. The first-order valence-corrected chi connectivity index (χ1v) is 6.82. The van der Waals surface area contributed by atoms with Crippen LogP contribution in [0.15, 0.2) is 28.5 Å². The van der Waals surface area contributed by atoms with E-state index < -0.39 is 29.2 Å². The summed E-state index contributed by atoms with van der Waals surface area (Å²) < 4.78 is 76.4. The molecule has 0 amide bonds. The van der Waals surface area contributed by atoms with E-state index in [1.165, 1.54) is 5.01 Å². The summed E-state index contributed by atoms with van der Waals surface area (Å²) in [6, 6.07) is 0.926. The molecule has 0 fully saturated rings. The van der Waals surface area contributed by atoms with Crippen molar-refractivity contribution < 1.29 is 26.3 Å². The van der Waals surface area contributed by atoms with Crippen molar-refractivity contribution in [1.29, 1.82) is 0 Å². The molecular formula is C14H17F6N3. The summed E-state index contributed by atoms with van der Waals surface area (Å²) in [6.45, 7) is 7.14. The van der Waals surface area contributed by atoms with E-state index in [-0.39, 0.29) is 18.2 Å². The zero-order chi connectivity index (χ0) is 18.0. The molecule has 0 saturated carbocycles. The average molecular weight is 341 g/mol. The maximum absolute atomic E-state index is 12.7. The lowest BCUT2D eigenvalue weighted by Gasteiger charge is -2.25. The van der Waals surface area contributed by atoms with E-state index in [9.17, 15) is 26.3 Å². The second-order valence-electron chi connectivity index (χ2n) is 5.52. The van der Waals surface area contributed by atoms with E-state index in [0.29, 0.717) is 12.1 Å². The highest BCUT2D eigenvalue weighted by Crippen LogP contribution is 2.38. The van der Waals surface area contributed by atoms with Crippen molar-refractivity contribution in [1.82, 2.24) is 5.01 Å². The van der Waals surface area contributed by atoms with Gasteiger partial charge in [0.05, 0.1) is 16.8 Å². The van der Waals surface area contributed by atoms with E-state index in [4.69, 9.17) is 0 Å². The Kier molecular flexibility index (Phi) is 5.65. The van der Waals surface area contributed by atoms with Gasteiger partial charge in [0.2, 0.25) is 0 Å². The number of halogens is 6. The van der Waals surface area contributed by atoms with Crippen LogP contribution < -0.4 is 0 Å². The zero-order valence-electron chi connectivity index (χ0n) is 13.0. The number of benzene rings is 1. The molecule has 0 bridgehead atoms. The first-order valence-electron chi connectivity index (χ1n) is 6.82. The molecule has 0 spiro atoms. The molecule has 0 aliphatic heterocycles. The molecule has 130 valence electrons. The fraction of sp³-hybridized carbons (Fsp3) is 0.571. The molecule has 0 atom stereocenters. The minimum absolute atomic E-state index is 0.0572. The molecule has 0 N–H and O–H groups in total. The van der Waals surface area contributed by atoms with Crippen LogP contribution in [0.1, 0.15) is 38.8 Å². The Morgan fingerprint density at radius 1 is 0.783 bits per heavy atom. The van der Waals surface area contributed by atoms with Crippen LogP contribution in [0, 0.1) is 0 Å². The topological polar surface area (TPSA) is 28.0 Å². The van der Waals surface area contributed by atoms with Gasteiger partial charge in [-0.3, -0.25) is 5.01 Å². The maximum atomic E-state index is 12.7. The lowest BCUT2D eigenvalue weighted by Crippen LogP contribution is -2.31. The highest BCUT2D eigenvalue weighted by atomic mass is 19.4. The minimum Gasteiger partial charge on any atom is -0.273 e.